The standard InChI is InChI=1S/C16H23NO2/c1-3-14(13-8-5-4-6-9-13)15-10-7-11-17(15)16(18)12-19-2/h4-6,8-9,14-15H,3,7,10-12H2,1-2H3/t14-,15-/m1/s1. The van der Waals surface area contributed by atoms with E-state index in [1.807, 2.05) is 11.0 Å². The van der Waals surface area contributed by atoms with Crippen LogP contribution in [0.4, 0.5) is 0 Å². The number of hydrogen-bond donors (Lipinski definition) is 0. The van der Waals surface area contributed by atoms with Gasteiger partial charge in [0.25, 0.3) is 0 Å². The predicted octanol–water partition coefficient (Wildman–Crippen LogP) is 2.82. The van der Waals surface area contributed by atoms with E-state index >= 15 is 0 Å². The van der Waals surface area contributed by atoms with Crippen LogP contribution in [0.2, 0.25) is 0 Å². The van der Waals surface area contributed by atoms with Crippen LogP contribution in [0.3, 0.4) is 0 Å². The van der Waals surface area contributed by atoms with Crippen LogP contribution in [0.5, 0.6) is 0 Å². The predicted molar refractivity (Wildman–Crippen MR) is 76.1 cm³/mol. The fourth-order valence-corrected chi connectivity index (χ4v) is 3.16. The molecule has 2 atom stereocenters. The molecule has 0 spiro atoms. The van der Waals surface area contributed by atoms with Crippen LogP contribution in [0, 0.1) is 0 Å². The molecule has 0 N–H and O–H groups in total. The summed E-state index contributed by atoms with van der Waals surface area (Å²) in [4.78, 5) is 14.1. The molecule has 0 saturated carbocycles. The number of likely N-dealkylation sites (tertiary alicyclic amines) is 1. The van der Waals surface area contributed by atoms with Crippen LogP contribution in [0.1, 0.15) is 37.7 Å². The Bertz CT molecular complexity index is 404. The Morgan fingerprint density at radius 3 is 2.79 bits per heavy atom. The van der Waals surface area contributed by atoms with E-state index < -0.39 is 0 Å². The van der Waals surface area contributed by atoms with E-state index in [1.165, 1.54) is 5.56 Å². The van der Waals surface area contributed by atoms with Gasteiger partial charge in [0, 0.05) is 25.6 Å². The van der Waals surface area contributed by atoms with Crippen LogP contribution < -0.4 is 0 Å². The maximum atomic E-state index is 12.1. The van der Waals surface area contributed by atoms with Crippen molar-refractivity contribution in [3.05, 3.63) is 35.9 Å². The lowest BCUT2D eigenvalue weighted by atomic mass is 9.87. The Hall–Kier alpha value is -1.35. The van der Waals surface area contributed by atoms with E-state index in [2.05, 4.69) is 31.2 Å². The van der Waals surface area contributed by atoms with Crippen molar-refractivity contribution in [1.82, 2.24) is 4.90 Å². The summed E-state index contributed by atoms with van der Waals surface area (Å²) in [5.74, 6) is 0.559. The minimum absolute atomic E-state index is 0.124. The first-order chi connectivity index (χ1) is 9.27. The van der Waals surface area contributed by atoms with Gasteiger partial charge in [0.2, 0.25) is 5.91 Å². The van der Waals surface area contributed by atoms with Crippen LogP contribution in [0.15, 0.2) is 30.3 Å². The van der Waals surface area contributed by atoms with Crippen LogP contribution >= 0.6 is 0 Å². The Balaban J connectivity index is 2.15. The molecule has 1 amide bonds. The second-order valence-electron chi connectivity index (χ2n) is 5.16. The molecule has 2 rings (SSSR count). The monoisotopic (exact) mass is 261 g/mol. The molecular formula is C16H23NO2. The number of hydrogen-bond acceptors (Lipinski definition) is 2. The molecular weight excluding hydrogens is 238 g/mol. The van der Waals surface area contributed by atoms with Gasteiger partial charge in [0.05, 0.1) is 0 Å². The molecule has 0 aromatic heterocycles. The van der Waals surface area contributed by atoms with Gasteiger partial charge < -0.3 is 9.64 Å². The summed E-state index contributed by atoms with van der Waals surface area (Å²) in [5, 5.41) is 0. The highest BCUT2D eigenvalue weighted by molar-refractivity contribution is 5.78. The molecule has 1 saturated heterocycles. The smallest absolute Gasteiger partial charge is 0.248 e. The minimum atomic E-state index is 0.124. The largest absolute Gasteiger partial charge is 0.375 e. The van der Waals surface area contributed by atoms with Crippen molar-refractivity contribution < 1.29 is 9.53 Å². The normalized spacial score (nSPS) is 20.5. The highest BCUT2D eigenvalue weighted by atomic mass is 16.5. The minimum Gasteiger partial charge on any atom is -0.375 e. The third-order valence-electron chi connectivity index (χ3n) is 4.02. The summed E-state index contributed by atoms with van der Waals surface area (Å²) in [6.45, 7) is 3.27. The van der Waals surface area contributed by atoms with Gasteiger partial charge >= 0.3 is 0 Å². The van der Waals surface area contributed by atoms with Gasteiger partial charge in [-0.1, -0.05) is 37.3 Å². The Morgan fingerprint density at radius 2 is 2.16 bits per heavy atom. The average molecular weight is 261 g/mol. The third-order valence-corrected chi connectivity index (χ3v) is 4.02. The first-order valence-electron chi connectivity index (χ1n) is 7.11. The van der Waals surface area contributed by atoms with Gasteiger partial charge in [-0.2, -0.15) is 0 Å². The lowest BCUT2D eigenvalue weighted by molar-refractivity contribution is -0.136. The van der Waals surface area contributed by atoms with Gasteiger partial charge in [-0.15, -0.1) is 0 Å². The molecule has 0 bridgehead atoms. The topological polar surface area (TPSA) is 29.5 Å². The van der Waals surface area contributed by atoms with Crippen molar-refractivity contribution in [2.45, 2.75) is 38.1 Å². The second-order valence-corrected chi connectivity index (χ2v) is 5.16. The Morgan fingerprint density at radius 1 is 1.42 bits per heavy atom. The van der Waals surface area contributed by atoms with E-state index in [0.29, 0.717) is 12.0 Å². The zero-order valence-corrected chi connectivity index (χ0v) is 11.8. The number of nitrogens with zero attached hydrogens (tertiary/aromatic N) is 1. The average Bonchev–Trinajstić information content (AvgIpc) is 2.90. The molecule has 0 aliphatic carbocycles. The van der Waals surface area contributed by atoms with E-state index in [9.17, 15) is 4.79 Å². The van der Waals surface area contributed by atoms with Gasteiger partial charge in [0.15, 0.2) is 0 Å². The summed E-state index contributed by atoms with van der Waals surface area (Å²) < 4.78 is 4.99. The number of rotatable bonds is 5. The van der Waals surface area contributed by atoms with Crippen molar-refractivity contribution >= 4 is 5.91 Å². The van der Waals surface area contributed by atoms with Gasteiger partial charge in [-0.3, -0.25) is 4.79 Å². The number of carbonyl (C=O) groups is 1. The van der Waals surface area contributed by atoms with Crippen LogP contribution in [-0.2, 0) is 9.53 Å². The zero-order chi connectivity index (χ0) is 13.7. The SMILES string of the molecule is CC[C@H](c1ccccc1)[C@H]1CCCN1C(=O)COC. The van der Waals surface area contributed by atoms with Crippen LogP contribution in [-0.4, -0.2) is 37.1 Å². The summed E-state index contributed by atoms with van der Waals surface area (Å²) >= 11 is 0. The molecule has 19 heavy (non-hydrogen) atoms. The number of methoxy groups -OCH3 is 1. The highest BCUT2D eigenvalue weighted by Gasteiger charge is 2.34. The van der Waals surface area contributed by atoms with E-state index in [1.54, 1.807) is 7.11 Å². The Kier molecular flexibility index (Phi) is 4.97. The molecule has 1 aliphatic rings. The Labute approximate surface area is 115 Å². The summed E-state index contributed by atoms with van der Waals surface area (Å²) in [7, 11) is 1.58. The highest BCUT2D eigenvalue weighted by Crippen LogP contribution is 2.33. The van der Waals surface area contributed by atoms with Crippen LogP contribution in [0.25, 0.3) is 0 Å². The molecule has 104 valence electrons. The van der Waals surface area contributed by atoms with Gasteiger partial charge in [-0.25, -0.2) is 0 Å². The second kappa shape index (κ2) is 6.71. The molecule has 1 aliphatic heterocycles. The zero-order valence-electron chi connectivity index (χ0n) is 11.8. The quantitative estimate of drug-likeness (QED) is 0.815. The number of carbonyl (C=O) groups excluding carboxylic acids is 1. The first kappa shape index (κ1) is 14.1. The van der Waals surface area contributed by atoms with E-state index in [0.717, 1.165) is 25.8 Å². The van der Waals surface area contributed by atoms with Gasteiger partial charge in [0.1, 0.15) is 6.61 Å². The molecule has 1 aromatic rings. The molecule has 3 nitrogen and oxygen atoms in total. The third kappa shape index (κ3) is 3.16. The maximum absolute atomic E-state index is 12.1. The molecule has 0 radical (unpaired) electrons. The van der Waals surface area contributed by atoms with Crippen molar-refractivity contribution in [1.29, 1.82) is 0 Å². The fourth-order valence-electron chi connectivity index (χ4n) is 3.16. The van der Waals surface area contributed by atoms with Crippen molar-refractivity contribution in [2.24, 2.45) is 0 Å². The first-order valence-corrected chi connectivity index (χ1v) is 7.11. The van der Waals surface area contributed by atoms with Crippen molar-refractivity contribution in [2.75, 3.05) is 20.3 Å². The molecule has 0 unspecified atom stereocenters. The van der Waals surface area contributed by atoms with E-state index in [4.69, 9.17) is 4.74 Å². The number of benzene rings is 1. The summed E-state index contributed by atoms with van der Waals surface area (Å²) in [6.07, 6.45) is 3.26. The molecule has 1 heterocycles. The lowest BCUT2D eigenvalue weighted by Crippen LogP contribution is -2.40. The maximum Gasteiger partial charge on any atom is 0.248 e. The van der Waals surface area contributed by atoms with Gasteiger partial charge in [-0.05, 0) is 24.8 Å². The van der Waals surface area contributed by atoms with Crippen molar-refractivity contribution in [3.8, 4) is 0 Å². The van der Waals surface area contributed by atoms with E-state index in [-0.39, 0.29) is 12.5 Å². The number of ether oxygens (including phenoxy) is 1. The molecule has 3 heteroatoms. The molecule has 1 aromatic carbocycles. The lowest BCUT2D eigenvalue weighted by Gasteiger charge is -2.31. The molecule has 1 fully saturated rings. The fraction of sp³-hybridized carbons (Fsp3) is 0.562. The summed E-state index contributed by atoms with van der Waals surface area (Å²) in [6, 6.07) is 10.9. The van der Waals surface area contributed by atoms with Crippen molar-refractivity contribution in [3.63, 3.8) is 0 Å². The number of amides is 1. The summed E-state index contributed by atoms with van der Waals surface area (Å²) in [5.41, 5.74) is 1.34.